The Balaban J connectivity index is 2.43. The first-order chi connectivity index (χ1) is 6.74. The molecule has 0 heterocycles. The van der Waals surface area contributed by atoms with Gasteiger partial charge in [0, 0.05) is 6.54 Å². The van der Waals surface area contributed by atoms with Crippen LogP contribution in [0.25, 0.3) is 0 Å². The Labute approximate surface area is 95.3 Å². The van der Waals surface area contributed by atoms with E-state index in [2.05, 4.69) is 36.5 Å². The van der Waals surface area contributed by atoms with Crippen molar-refractivity contribution in [2.75, 3.05) is 12.8 Å². The monoisotopic (exact) mass is 225 g/mol. The van der Waals surface area contributed by atoms with Crippen molar-refractivity contribution in [2.24, 2.45) is 0 Å². The second-order valence-corrected chi connectivity index (χ2v) is 4.67. The van der Waals surface area contributed by atoms with Crippen LogP contribution in [-0.2, 0) is 0 Å². The van der Waals surface area contributed by atoms with Gasteiger partial charge in [0.15, 0.2) is 0 Å². The molecule has 0 aromatic heterocycles. The normalized spacial score (nSPS) is 12.1. The largest absolute Gasteiger partial charge is 0.370 e. The van der Waals surface area contributed by atoms with Gasteiger partial charge in [-0.2, -0.15) is 0 Å². The van der Waals surface area contributed by atoms with Gasteiger partial charge < -0.3 is 5.32 Å². The minimum absolute atomic E-state index is 0.501. The second-order valence-electron chi connectivity index (χ2n) is 3.18. The van der Waals surface area contributed by atoms with Gasteiger partial charge in [0.2, 0.25) is 0 Å². The van der Waals surface area contributed by atoms with Crippen LogP contribution in [0.5, 0.6) is 0 Å². The molecule has 0 aliphatic carbocycles. The Morgan fingerprint density at radius 3 is 2.64 bits per heavy atom. The average molecular weight is 225 g/mol. The summed E-state index contributed by atoms with van der Waals surface area (Å²) in [4.78, 5) is 0. The summed E-state index contributed by atoms with van der Waals surface area (Å²) in [5.74, 6) is 0.501. The zero-order valence-electron chi connectivity index (χ0n) is 8.49. The number of rotatable bonds is 3. The molecule has 0 saturated carbocycles. The fraction of sp³-hybridized carbons (Fsp3) is 0.364. The Hall–Kier alpha value is -0.540. The van der Waals surface area contributed by atoms with E-state index in [1.54, 1.807) is 11.8 Å². The van der Waals surface area contributed by atoms with Gasteiger partial charge in [0.25, 0.3) is 0 Å². The van der Waals surface area contributed by atoms with E-state index >= 15 is 0 Å². The first kappa shape index (κ1) is 11.5. The molecule has 1 N–H and O–H groups in total. The van der Waals surface area contributed by atoms with Gasteiger partial charge in [-0.05, 0) is 17.7 Å². The Kier molecular flexibility index (Phi) is 4.98. The van der Waals surface area contributed by atoms with E-state index < -0.39 is 0 Å². The number of thiocarbonyl (C=S) groups is 1. The summed E-state index contributed by atoms with van der Waals surface area (Å²) in [5.41, 5.74) is 1.35. The maximum Gasteiger partial charge on any atom is 0.133 e. The maximum atomic E-state index is 5.08. The third-order valence-corrected chi connectivity index (χ3v) is 3.27. The fourth-order valence-corrected chi connectivity index (χ4v) is 1.52. The van der Waals surface area contributed by atoms with Crippen LogP contribution in [0.4, 0.5) is 0 Å². The van der Waals surface area contributed by atoms with Gasteiger partial charge in [-0.1, -0.05) is 49.5 Å². The van der Waals surface area contributed by atoms with Crippen molar-refractivity contribution in [1.82, 2.24) is 5.32 Å². The number of nitrogens with one attached hydrogen (secondary N) is 1. The highest BCUT2D eigenvalue weighted by molar-refractivity contribution is 8.22. The zero-order chi connectivity index (χ0) is 10.4. The van der Waals surface area contributed by atoms with Gasteiger partial charge >= 0.3 is 0 Å². The van der Waals surface area contributed by atoms with E-state index in [0.717, 1.165) is 10.9 Å². The van der Waals surface area contributed by atoms with Crippen molar-refractivity contribution in [1.29, 1.82) is 0 Å². The standard InChI is InChI=1S/C11H15NS2/c1-9(8-12-11(13)14-2)10-6-4-3-5-7-10/h3-7,9H,8H2,1-2H3,(H,12,13). The molecule has 1 aromatic carbocycles. The average Bonchev–Trinajstić information content (AvgIpc) is 2.26. The van der Waals surface area contributed by atoms with Crippen molar-refractivity contribution in [3.63, 3.8) is 0 Å². The lowest BCUT2D eigenvalue weighted by Crippen LogP contribution is -2.23. The molecule has 1 atom stereocenters. The van der Waals surface area contributed by atoms with Gasteiger partial charge in [0.05, 0.1) is 0 Å². The summed E-state index contributed by atoms with van der Waals surface area (Å²) in [6.07, 6.45) is 1.99. The minimum atomic E-state index is 0.501. The van der Waals surface area contributed by atoms with E-state index in [-0.39, 0.29) is 0 Å². The van der Waals surface area contributed by atoms with E-state index in [4.69, 9.17) is 12.2 Å². The molecule has 0 aliphatic heterocycles. The highest BCUT2D eigenvalue weighted by atomic mass is 32.2. The lowest BCUT2D eigenvalue weighted by Gasteiger charge is -2.13. The lowest BCUT2D eigenvalue weighted by atomic mass is 10.0. The predicted molar refractivity (Wildman–Crippen MR) is 69.0 cm³/mol. The summed E-state index contributed by atoms with van der Waals surface area (Å²) < 4.78 is 0.868. The van der Waals surface area contributed by atoms with Crippen molar-refractivity contribution >= 4 is 28.3 Å². The van der Waals surface area contributed by atoms with Gasteiger partial charge in [0.1, 0.15) is 4.32 Å². The quantitative estimate of drug-likeness (QED) is 0.794. The molecule has 3 heteroatoms. The van der Waals surface area contributed by atoms with Crippen molar-refractivity contribution < 1.29 is 0 Å². The lowest BCUT2D eigenvalue weighted by molar-refractivity contribution is 0.728. The number of benzene rings is 1. The van der Waals surface area contributed by atoms with Crippen molar-refractivity contribution in [2.45, 2.75) is 12.8 Å². The molecule has 1 rings (SSSR count). The first-order valence-corrected chi connectivity index (χ1v) is 6.24. The summed E-state index contributed by atoms with van der Waals surface area (Å²) >= 11 is 6.66. The molecule has 1 unspecified atom stereocenters. The van der Waals surface area contributed by atoms with Crippen molar-refractivity contribution in [3.8, 4) is 0 Å². The molecule has 0 amide bonds. The van der Waals surface area contributed by atoms with E-state index in [9.17, 15) is 0 Å². The number of hydrogen-bond acceptors (Lipinski definition) is 2. The summed E-state index contributed by atoms with van der Waals surface area (Å²) in [6.45, 7) is 3.11. The van der Waals surface area contributed by atoms with Crippen LogP contribution < -0.4 is 5.32 Å². The molecule has 76 valence electrons. The highest BCUT2D eigenvalue weighted by Gasteiger charge is 2.04. The fourth-order valence-electron chi connectivity index (χ4n) is 1.21. The molecule has 1 aromatic rings. The first-order valence-electron chi connectivity index (χ1n) is 4.61. The molecular formula is C11H15NS2. The molecule has 0 radical (unpaired) electrons. The van der Waals surface area contributed by atoms with Gasteiger partial charge in [-0.25, -0.2) is 0 Å². The van der Waals surface area contributed by atoms with Crippen LogP contribution in [-0.4, -0.2) is 17.1 Å². The highest BCUT2D eigenvalue weighted by Crippen LogP contribution is 2.13. The predicted octanol–water partition coefficient (Wildman–Crippen LogP) is 3.03. The van der Waals surface area contributed by atoms with E-state index in [0.29, 0.717) is 5.92 Å². The number of thioether (sulfide) groups is 1. The number of hydrogen-bond donors (Lipinski definition) is 1. The summed E-state index contributed by atoms with van der Waals surface area (Å²) in [5, 5.41) is 3.22. The molecule has 14 heavy (non-hydrogen) atoms. The summed E-state index contributed by atoms with van der Waals surface area (Å²) in [6, 6.07) is 10.5. The smallest absolute Gasteiger partial charge is 0.133 e. The van der Waals surface area contributed by atoms with Crippen LogP contribution in [0.15, 0.2) is 30.3 Å². The van der Waals surface area contributed by atoms with Crippen LogP contribution in [0.1, 0.15) is 18.4 Å². The minimum Gasteiger partial charge on any atom is -0.370 e. The van der Waals surface area contributed by atoms with Gasteiger partial charge in [-0.15, -0.1) is 11.8 Å². The molecule has 1 nitrogen and oxygen atoms in total. The topological polar surface area (TPSA) is 12.0 Å². The molecule has 0 fully saturated rings. The molecule has 0 saturated heterocycles. The van der Waals surface area contributed by atoms with Crippen LogP contribution in [0.3, 0.4) is 0 Å². The Morgan fingerprint density at radius 2 is 2.07 bits per heavy atom. The molecule has 0 aliphatic rings. The summed E-state index contributed by atoms with van der Waals surface area (Å²) in [7, 11) is 0. The van der Waals surface area contributed by atoms with Gasteiger partial charge in [-0.3, -0.25) is 0 Å². The SMILES string of the molecule is CSC(=S)NCC(C)c1ccccc1. The van der Waals surface area contributed by atoms with E-state index in [1.165, 1.54) is 5.56 Å². The third kappa shape index (κ3) is 3.68. The Bertz CT molecular complexity index is 285. The van der Waals surface area contributed by atoms with Crippen LogP contribution >= 0.6 is 24.0 Å². The molecular weight excluding hydrogens is 210 g/mol. The molecule has 0 bridgehead atoms. The Morgan fingerprint density at radius 1 is 1.43 bits per heavy atom. The molecule has 0 spiro atoms. The van der Waals surface area contributed by atoms with Crippen molar-refractivity contribution in [3.05, 3.63) is 35.9 Å². The van der Waals surface area contributed by atoms with E-state index in [1.807, 2.05) is 12.3 Å². The second kappa shape index (κ2) is 6.04. The van der Waals surface area contributed by atoms with Crippen LogP contribution in [0, 0.1) is 0 Å². The third-order valence-electron chi connectivity index (χ3n) is 2.11. The van der Waals surface area contributed by atoms with Crippen LogP contribution in [0.2, 0.25) is 0 Å². The zero-order valence-corrected chi connectivity index (χ0v) is 10.1. The maximum absolute atomic E-state index is 5.08.